The summed E-state index contributed by atoms with van der Waals surface area (Å²) in [6.45, 7) is 2.05. The van der Waals surface area contributed by atoms with Crippen molar-refractivity contribution in [2.75, 3.05) is 25.6 Å². The Labute approximate surface area is 141 Å². The molecule has 1 aliphatic heterocycles. The smallest absolute Gasteiger partial charge is 0.319 e. The first-order valence-electron chi connectivity index (χ1n) is 7.88. The number of nitrogens with one attached hydrogen (secondary N) is 1. The first-order valence-corrected chi connectivity index (χ1v) is 8.42. The minimum atomic E-state index is -1.51. The third kappa shape index (κ3) is 5.44. The van der Waals surface area contributed by atoms with Crippen molar-refractivity contribution in [3.05, 3.63) is 0 Å². The second kappa shape index (κ2) is 10.3. The van der Waals surface area contributed by atoms with Crippen molar-refractivity contribution in [1.29, 1.82) is 0 Å². The zero-order valence-electron chi connectivity index (χ0n) is 13.3. The Bertz CT molecular complexity index is 360. The molecule has 23 heavy (non-hydrogen) atoms. The van der Waals surface area contributed by atoms with E-state index in [1.807, 2.05) is 6.92 Å². The summed E-state index contributed by atoms with van der Waals surface area (Å²) in [5, 5.41) is 41.7. The van der Waals surface area contributed by atoms with Crippen molar-refractivity contribution in [2.45, 2.75) is 56.8 Å². The average molecular weight is 355 g/mol. The number of ether oxygens (including phenoxy) is 1. The predicted molar refractivity (Wildman–Crippen MR) is 84.1 cm³/mol. The van der Waals surface area contributed by atoms with Gasteiger partial charge >= 0.3 is 6.03 Å². The summed E-state index contributed by atoms with van der Waals surface area (Å²) in [5.41, 5.74) is 0. The highest BCUT2D eigenvalue weighted by Gasteiger charge is 2.46. The number of rotatable bonds is 8. The molecule has 8 nitrogen and oxygen atoms in total. The normalized spacial score (nSPS) is 31.0. The summed E-state index contributed by atoms with van der Waals surface area (Å²) in [6.07, 6.45) is -4.11. The number of carbonyl (C=O) groups is 1. The van der Waals surface area contributed by atoms with E-state index in [1.165, 1.54) is 4.90 Å². The van der Waals surface area contributed by atoms with Gasteiger partial charge in [0.1, 0.15) is 24.4 Å². The minimum absolute atomic E-state index is 0.239. The van der Waals surface area contributed by atoms with Gasteiger partial charge in [0.05, 0.1) is 6.61 Å². The maximum atomic E-state index is 12.3. The molecule has 0 aromatic carbocycles. The van der Waals surface area contributed by atoms with Gasteiger partial charge in [0.25, 0.3) is 0 Å². The van der Waals surface area contributed by atoms with Crippen molar-refractivity contribution in [1.82, 2.24) is 10.2 Å². The van der Waals surface area contributed by atoms with Gasteiger partial charge in [0, 0.05) is 19.0 Å². The summed E-state index contributed by atoms with van der Waals surface area (Å²) < 4.78 is 5.45. The molecule has 5 N–H and O–H groups in total. The van der Waals surface area contributed by atoms with Crippen molar-refractivity contribution in [3.8, 4) is 0 Å². The second-order valence-corrected chi connectivity index (χ2v) is 5.92. The van der Waals surface area contributed by atoms with Crippen LogP contribution >= 0.6 is 11.6 Å². The summed E-state index contributed by atoms with van der Waals surface area (Å²) in [6, 6.07) is -0.480. The summed E-state index contributed by atoms with van der Waals surface area (Å²) in [7, 11) is 0. The van der Waals surface area contributed by atoms with Gasteiger partial charge in [-0.05, 0) is 6.42 Å². The first kappa shape index (κ1) is 20.4. The van der Waals surface area contributed by atoms with Gasteiger partial charge in [-0.15, -0.1) is 11.6 Å². The molecule has 2 amide bonds. The Morgan fingerprint density at radius 1 is 1.22 bits per heavy atom. The van der Waals surface area contributed by atoms with Gasteiger partial charge in [-0.2, -0.15) is 0 Å². The topological polar surface area (TPSA) is 122 Å². The molecule has 1 rings (SSSR count). The van der Waals surface area contributed by atoms with Crippen molar-refractivity contribution < 1.29 is 30.0 Å². The number of aliphatic hydroxyl groups excluding tert-OH is 4. The van der Waals surface area contributed by atoms with Crippen molar-refractivity contribution in [3.63, 3.8) is 0 Å². The molecule has 0 unspecified atom stereocenters. The minimum Gasteiger partial charge on any atom is -0.394 e. The van der Waals surface area contributed by atoms with E-state index < -0.39 is 43.3 Å². The molecule has 0 bridgehead atoms. The lowest BCUT2D eigenvalue weighted by Gasteiger charge is -2.44. The van der Waals surface area contributed by atoms with Crippen molar-refractivity contribution >= 4 is 17.6 Å². The lowest BCUT2D eigenvalue weighted by molar-refractivity contribution is -0.257. The van der Waals surface area contributed by atoms with Crippen LogP contribution in [0.4, 0.5) is 4.79 Å². The molecule has 0 aromatic rings. The van der Waals surface area contributed by atoms with Crippen LogP contribution < -0.4 is 5.32 Å². The zero-order valence-corrected chi connectivity index (χ0v) is 14.0. The van der Waals surface area contributed by atoms with E-state index >= 15 is 0 Å². The maximum absolute atomic E-state index is 12.3. The Balaban J connectivity index is 2.86. The van der Waals surface area contributed by atoms with Crippen LogP contribution in [0.15, 0.2) is 0 Å². The zero-order chi connectivity index (χ0) is 17.4. The number of nitrogens with zero attached hydrogens (tertiary/aromatic N) is 1. The lowest BCUT2D eigenvalue weighted by Crippen LogP contribution is -2.65. The number of alkyl halides is 1. The monoisotopic (exact) mass is 354 g/mol. The van der Waals surface area contributed by atoms with Gasteiger partial charge < -0.3 is 30.5 Å². The van der Waals surface area contributed by atoms with Crippen LogP contribution in [-0.2, 0) is 4.74 Å². The lowest BCUT2D eigenvalue weighted by atomic mass is 9.97. The highest BCUT2D eigenvalue weighted by Crippen LogP contribution is 2.24. The maximum Gasteiger partial charge on any atom is 0.319 e. The van der Waals surface area contributed by atoms with E-state index in [9.17, 15) is 25.2 Å². The molecule has 1 heterocycles. The van der Waals surface area contributed by atoms with E-state index in [2.05, 4.69) is 5.32 Å². The van der Waals surface area contributed by atoms with Crippen LogP contribution in [0.25, 0.3) is 0 Å². The van der Waals surface area contributed by atoms with E-state index in [-0.39, 0.29) is 12.4 Å². The number of halogens is 1. The average Bonchev–Trinajstić information content (AvgIpc) is 2.55. The number of unbranched alkanes of at least 4 members (excludes halogenated alkanes) is 2. The van der Waals surface area contributed by atoms with Crippen LogP contribution in [0.2, 0.25) is 0 Å². The quantitative estimate of drug-likeness (QED) is 0.288. The number of amides is 2. The molecule has 0 radical (unpaired) electrons. The standard InChI is InChI=1S/C14H27ClN2O6/c1-2-3-4-7-17(14(22)16-6-5-15)13-12(21)11(20)10(19)9(8-18)23-13/h9-13,18-21H,2-8H2,1H3,(H,16,22)/t9-,10+,11+,12-,13-/m1/s1. The van der Waals surface area contributed by atoms with Crippen LogP contribution in [0.3, 0.4) is 0 Å². The van der Waals surface area contributed by atoms with Gasteiger partial charge in [-0.3, -0.25) is 4.90 Å². The number of urea groups is 1. The highest BCUT2D eigenvalue weighted by molar-refractivity contribution is 6.18. The number of hydrogen-bond acceptors (Lipinski definition) is 6. The third-order valence-electron chi connectivity index (χ3n) is 3.81. The Kier molecular flexibility index (Phi) is 9.11. The molecular formula is C14H27ClN2O6. The molecular weight excluding hydrogens is 328 g/mol. The van der Waals surface area contributed by atoms with Crippen molar-refractivity contribution in [2.24, 2.45) is 0 Å². The number of carbonyl (C=O) groups excluding carboxylic acids is 1. The molecule has 0 aliphatic carbocycles. The Morgan fingerprint density at radius 3 is 2.48 bits per heavy atom. The fourth-order valence-corrected chi connectivity index (χ4v) is 2.57. The summed E-state index contributed by atoms with van der Waals surface area (Å²) in [5.74, 6) is 0.239. The molecule has 9 heteroatoms. The van der Waals surface area contributed by atoms with Crippen LogP contribution in [-0.4, -0.2) is 87.6 Å². The van der Waals surface area contributed by atoms with Crippen LogP contribution in [0.1, 0.15) is 26.2 Å². The van der Waals surface area contributed by atoms with E-state index in [0.717, 1.165) is 12.8 Å². The van der Waals surface area contributed by atoms with Gasteiger partial charge in [0.15, 0.2) is 6.23 Å². The molecule has 136 valence electrons. The van der Waals surface area contributed by atoms with Crippen LogP contribution in [0, 0.1) is 0 Å². The van der Waals surface area contributed by atoms with E-state index in [0.29, 0.717) is 13.0 Å². The molecule has 0 aromatic heterocycles. The summed E-state index contributed by atoms with van der Waals surface area (Å²) >= 11 is 5.56. The molecule has 1 aliphatic rings. The Hall–Kier alpha value is -0.640. The van der Waals surface area contributed by atoms with Crippen LogP contribution in [0.5, 0.6) is 0 Å². The van der Waals surface area contributed by atoms with Gasteiger partial charge in [0.2, 0.25) is 0 Å². The van der Waals surface area contributed by atoms with E-state index in [4.69, 9.17) is 16.3 Å². The largest absolute Gasteiger partial charge is 0.394 e. The molecule has 1 fully saturated rings. The predicted octanol–water partition coefficient (Wildman–Crippen LogP) is -0.773. The summed E-state index contributed by atoms with van der Waals surface area (Å²) in [4.78, 5) is 13.6. The van der Waals surface area contributed by atoms with Gasteiger partial charge in [-0.1, -0.05) is 19.8 Å². The SMILES string of the molecule is CCCCCN(C(=O)NCCCl)[C@@H]1O[C@H](CO)[C@H](O)[C@H](O)[C@H]1O. The van der Waals surface area contributed by atoms with Gasteiger partial charge in [-0.25, -0.2) is 4.79 Å². The molecule has 1 saturated heterocycles. The Morgan fingerprint density at radius 2 is 1.91 bits per heavy atom. The first-order chi connectivity index (χ1) is 11.0. The second-order valence-electron chi connectivity index (χ2n) is 5.54. The number of hydrogen-bond donors (Lipinski definition) is 5. The third-order valence-corrected chi connectivity index (χ3v) is 4.00. The molecule has 0 saturated carbocycles. The molecule has 5 atom stereocenters. The van der Waals surface area contributed by atoms with E-state index in [1.54, 1.807) is 0 Å². The molecule has 0 spiro atoms. The highest BCUT2D eigenvalue weighted by atomic mass is 35.5. The fourth-order valence-electron chi connectivity index (χ4n) is 2.47. The fraction of sp³-hybridized carbons (Fsp3) is 0.929. The number of aliphatic hydroxyl groups is 4.